The van der Waals surface area contributed by atoms with E-state index in [4.69, 9.17) is 0 Å². The van der Waals surface area contributed by atoms with Crippen LogP contribution in [-0.2, 0) is 10.0 Å². The third-order valence-corrected chi connectivity index (χ3v) is 6.24. The van der Waals surface area contributed by atoms with Crippen molar-refractivity contribution in [3.05, 3.63) is 35.5 Å². The average Bonchev–Trinajstić information content (AvgIpc) is 3.07. The van der Waals surface area contributed by atoms with Gasteiger partial charge in [-0.15, -0.1) is 11.3 Å². The molecule has 1 aromatic heterocycles. The number of rotatable bonds is 5. The molecule has 0 spiro atoms. The summed E-state index contributed by atoms with van der Waals surface area (Å²) in [6.07, 6.45) is 0.703. The number of hydrogen-bond donors (Lipinski definition) is 1. The van der Waals surface area contributed by atoms with Crippen LogP contribution in [0.2, 0.25) is 0 Å². The van der Waals surface area contributed by atoms with E-state index in [0.717, 1.165) is 16.4 Å². The van der Waals surface area contributed by atoms with Gasteiger partial charge in [-0.25, -0.2) is 22.1 Å². The van der Waals surface area contributed by atoms with Crippen LogP contribution < -0.4 is 5.32 Å². The standard InChI is InChI=1S/C14H16FN3O2S2/c15-12-4-2-11(3-5-12)13-10-21-14(17-13)16-6-8-18-7-1-9-22(18,19)20/h2-5,10H,1,6-9H2,(H,16,17). The van der Waals surface area contributed by atoms with Crippen LogP contribution in [0.15, 0.2) is 29.6 Å². The van der Waals surface area contributed by atoms with Crippen LogP contribution in [-0.4, -0.2) is 43.1 Å². The molecule has 2 aromatic rings. The molecule has 0 radical (unpaired) electrons. The second kappa shape index (κ2) is 6.31. The van der Waals surface area contributed by atoms with Crippen molar-refractivity contribution in [3.8, 4) is 11.3 Å². The maximum Gasteiger partial charge on any atom is 0.214 e. The highest BCUT2D eigenvalue weighted by molar-refractivity contribution is 7.89. The Balaban J connectivity index is 1.57. The zero-order valence-corrected chi connectivity index (χ0v) is 13.5. The molecule has 2 heterocycles. The zero-order chi connectivity index (χ0) is 15.6. The van der Waals surface area contributed by atoms with E-state index in [-0.39, 0.29) is 11.6 Å². The zero-order valence-electron chi connectivity index (χ0n) is 11.8. The Hall–Kier alpha value is -1.51. The van der Waals surface area contributed by atoms with Gasteiger partial charge in [0.15, 0.2) is 5.13 Å². The molecular weight excluding hydrogens is 325 g/mol. The monoisotopic (exact) mass is 341 g/mol. The van der Waals surface area contributed by atoms with E-state index in [1.54, 1.807) is 12.1 Å². The van der Waals surface area contributed by atoms with Gasteiger partial charge in [0.25, 0.3) is 0 Å². The van der Waals surface area contributed by atoms with Gasteiger partial charge < -0.3 is 5.32 Å². The predicted octanol–water partition coefficient (Wildman–Crippen LogP) is 2.40. The molecule has 1 saturated heterocycles. The van der Waals surface area contributed by atoms with Gasteiger partial charge in [-0.05, 0) is 30.7 Å². The third kappa shape index (κ3) is 3.45. The van der Waals surface area contributed by atoms with Gasteiger partial charge in [-0.3, -0.25) is 0 Å². The maximum absolute atomic E-state index is 12.9. The largest absolute Gasteiger partial charge is 0.360 e. The normalized spacial score (nSPS) is 17.7. The molecule has 0 aliphatic carbocycles. The fraction of sp³-hybridized carbons (Fsp3) is 0.357. The molecule has 1 aromatic carbocycles. The van der Waals surface area contributed by atoms with Gasteiger partial charge in [0, 0.05) is 30.6 Å². The summed E-state index contributed by atoms with van der Waals surface area (Å²) in [7, 11) is -3.04. The summed E-state index contributed by atoms with van der Waals surface area (Å²) < 4.78 is 37.8. The molecule has 0 bridgehead atoms. The second-order valence-corrected chi connectivity index (χ2v) is 7.99. The van der Waals surface area contributed by atoms with E-state index in [1.807, 2.05) is 5.38 Å². The molecule has 3 rings (SSSR count). The minimum Gasteiger partial charge on any atom is -0.360 e. The Morgan fingerprint density at radius 1 is 1.32 bits per heavy atom. The van der Waals surface area contributed by atoms with Crippen LogP contribution >= 0.6 is 11.3 Å². The molecule has 1 aliphatic rings. The molecule has 1 fully saturated rings. The van der Waals surface area contributed by atoms with E-state index < -0.39 is 10.0 Å². The van der Waals surface area contributed by atoms with Crippen LogP contribution in [0.4, 0.5) is 9.52 Å². The molecule has 0 amide bonds. The van der Waals surface area contributed by atoms with Gasteiger partial charge >= 0.3 is 0 Å². The summed E-state index contributed by atoms with van der Waals surface area (Å²) in [5.41, 5.74) is 1.63. The van der Waals surface area contributed by atoms with Crippen molar-refractivity contribution in [1.82, 2.24) is 9.29 Å². The van der Waals surface area contributed by atoms with Crippen LogP contribution in [0.5, 0.6) is 0 Å². The average molecular weight is 341 g/mol. The minimum atomic E-state index is -3.04. The molecule has 1 aliphatic heterocycles. The smallest absolute Gasteiger partial charge is 0.214 e. The number of anilines is 1. The first-order valence-corrected chi connectivity index (χ1v) is 9.47. The van der Waals surface area contributed by atoms with Crippen molar-refractivity contribution >= 4 is 26.5 Å². The maximum atomic E-state index is 12.9. The first-order chi connectivity index (χ1) is 10.5. The number of hydrogen-bond acceptors (Lipinski definition) is 5. The first kappa shape index (κ1) is 15.4. The number of thiazole rings is 1. The van der Waals surface area contributed by atoms with E-state index in [9.17, 15) is 12.8 Å². The Labute approximate surface area is 132 Å². The molecule has 0 atom stereocenters. The highest BCUT2D eigenvalue weighted by Crippen LogP contribution is 2.25. The highest BCUT2D eigenvalue weighted by atomic mass is 32.2. The van der Waals surface area contributed by atoms with Crippen molar-refractivity contribution in [2.75, 3.05) is 30.7 Å². The Morgan fingerprint density at radius 2 is 2.09 bits per heavy atom. The summed E-state index contributed by atoms with van der Waals surface area (Å²) in [5, 5.41) is 5.76. The van der Waals surface area contributed by atoms with Gasteiger partial charge in [0.1, 0.15) is 5.82 Å². The molecule has 0 saturated carbocycles. The molecule has 1 N–H and O–H groups in total. The van der Waals surface area contributed by atoms with Crippen molar-refractivity contribution in [2.24, 2.45) is 0 Å². The van der Waals surface area contributed by atoms with Crippen LogP contribution in [0, 0.1) is 5.82 Å². The highest BCUT2D eigenvalue weighted by Gasteiger charge is 2.27. The number of nitrogens with zero attached hydrogens (tertiary/aromatic N) is 2. The summed E-state index contributed by atoms with van der Waals surface area (Å²) >= 11 is 1.45. The van der Waals surface area contributed by atoms with Crippen molar-refractivity contribution in [3.63, 3.8) is 0 Å². The van der Waals surface area contributed by atoms with Crippen LogP contribution in [0.3, 0.4) is 0 Å². The Morgan fingerprint density at radius 3 is 2.77 bits per heavy atom. The summed E-state index contributed by atoms with van der Waals surface area (Å²) in [6.45, 7) is 1.58. The fourth-order valence-electron chi connectivity index (χ4n) is 2.34. The summed E-state index contributed by atoms with van der Waals surface area (Å²) in [4.78, 5) is 4.43. The summed E-state index contributed by atoms with van der Waals surface area (Å²) in [5.74, 6) is -0.0250. The number of halogens is 1. The number of benzene rings is 1. The second-order valence-electron chi connectivity index (χ2n) is 5.04. The van der Waals surface area contributed by atoms with Crippen molar-refractivity contribution < 1.29 is 12.8 Å². The minimum absolute atomic E-state index is 0.249. The SMILES string of the molecule is O=S1(=O)CCCN1CCNc1nc(-c2ccc(F)cc2)cs1. The molecular formula is C14H16FN3O2S2. The van der Waals surface area contributed by atoms with Crippen molar-refractivity contribution in [2.45, 2.75) is 6.42 Å². The Bertz CT molecular complexity index is 744. The van der Waals surface area contributed by atoms with Gasteiger partial charge in [0.2, 0.25) is 10.0 Å². The topological polar surface area (TPSA) is 62.3 Å². The van der Waals surface area contributed by atoms with Gasteiger partial charge in [-0.2, -0.15) is 0 Å². The number of sulfonamides is 1. The Kier molecular flexibility index (Phi) is 4.42. The lowest BCUT2D eigenvalue weighted by Gasteiger charge is -2.13. The molecule has 0 unspecified atom stereocenters. The lowest BCUT2D eigenvalue weighted by Crippen LogP contribution is -2.30. The van der Waals surface area contributed by atoms with E-state index in [0.29, 0.717) is 26.1 Å². The van der Waals surface area contributed by atoms with Crippen molar-refractivity contribution in [1.29, 1.82) is 0 Å². The number of nitrogens with one attached hydrogen (secondary N) is 1. The molecule has 8 heteroatoms. The van der Waals surface area contributed by atoms with Gasteiger partial charge in [-0.1, -0.05) is 0 Å². The first-order valence-electron chi connectivity index (χ1n) is 6.98. The summed E-state index contributed by atoms with van der Waals surface area (Å²) in [6, 6.07) is 6.18. The van der Waals surface area contributed by atoms with E-state index >= 15 is 0 Å². The fourth-order valence-corrected chi connectivity index (χ4v) is 4.62. The van der Waals surface area contributed by atoms with E-state index in [2.05, 4.69) is 10.3 Å². The third-order valence-electron chi connectivity index (χ3n) is 3.48. The molecule has 118 valence electrons. The quantitative estimate of drug-likeness (QED) is 0.907. The van der Waals surface area contributed by atoms with Crippen LogP contribution in [0.1, 0.15) is 6.42 Å². The predicted molar refractivity (Wildman–Crippen MR) is 86.0 cm³/mol. The molecule has 22 heavy (non-hydrogen) atoms. The van der Waals surface area contributed by atoms with Gasteiger partial charge in [0.05, 0.1) is 11.4 Å². The lowest BCUT2D eigenvalue weighted by molar-refractivity contribution is 0.456. The number of aromatic nitrogens is 1. The molecule has 5 nitrogen and oxygen atoms in total. The van der Waals surface area contributed by atoms with E-state index in [1.165, 1.54) is 27.8 Å². The lowest BCUT2D eigenvalue weighted by atomic mass is 10.2. The van der Waals surface area contributed by atoms with Crippen LogP contribution in [0.25, 0.3) is 11.3 Å².